The van der Waals surface area contributed by atoms with Gasteiger partial charge in [-0.05, 0) is 36.1 Å². The third-order valence-electron chi connectivity index (χ3n) is 6.11. The Balaban J connectivity index is 2.03. The van der Waals surface area contributed by atoms with Gasteiger partial charge < -0.3 is 10.6 Å². The fourth-order valence-electron chi connectivity index (χ4n) is 3.68. The molecule has 0 saturated heterocycles. The van der Waals surface area contributed by atoms with Crippen molar-refractivity contribution < 1.29 is 13.3 Å². The summed E-state index contributed by atoms with van der Waals surface area (Å²) in [7, 11) is -3.53. The lowest BCUT2D eigenvalue weighted by atomic mass is 9.71. The molecule has 1 aromatic heterocycles. The lowest BCUT2D eigenvalue weighted by molar-refractivity contribution is 0.318. The third-order valence-corrected chi connectivity index (χ3v) is 7.26. The summed E-state index contributed by atoms with van der Waals surface area (Å²) in [5.74, 6) is 5.83. The lowest BCUT2D eigenvalue weighted by Gasteiger charge is -2.35. The van der Waals surface area contributed by atoms with E-state index < -0.39 is 15.3 Å². The van der Waals surface area contributed by atoms with E-state index in [2.05, 4.69) is 35.4 Å². The normalized spacial score (nSPS) is 14.0. The number of anilines is 1. The third kappa shape index (κ3) is 5.00. The molecule has 0 saturated carbocycles. The first-order valence-electron chi connectivity index (χ1n) is 10.6. The van der Waals surface area contributed by atoms with Crippen molar-refractivity contribution in [1.29, 1.82) is 0 Å². The molecule has 0 aliphatic carbocycles. The maximum Gasteiger partial charge on any atom is 0.246 e. The first-order valence-corrected chi connectivity index (χ1v) is 12.5. The van der Waals surface area contributed by atoms with Crippen LogP contribution in [0.25, 0.3) is 11.1 Å². The maximum atomic E-state index is 12.3. The van der Waals surface area contributed by atoms with E-state index in [1.54, 1.807) is 30.6 Å². The van der Waals surface area contributed by atoms with Crippen LogP contribution in [-0.2, 0) is 20.1 Å². The number of nitrogen functional groups attached to an aromatic ring is 1. The molecule has 0 aliphatic heterocycles. The molecular weight excluding hydrogens is 450 g/mol. The molecular formula is C25H29N5O3S. The van der Waals surface area contributed by atoms with Crippen LogP contribution in [0.1, 0.15) is 31.9 Å². The minimum atomic E-state index is -3.53. The van der Waals surface area contributed by atoms with Crippen molar-refractivity contribution >= 4 is 21.7 Å². The highest BCUT2D eigenvalue weighted by atomic mass is 32.2. The summed E-state index contributed by atoms with van der Waals surface area (Å²) in [6.45, 7) is 10.4. The van der Waals surface area contributed by atoms with Crippen molar-refractivity contribution in [3.05, 3.63) is 84.3 Å². The van der Waals surface area contributed by atoms with Crippen LogP contribution in [0.4, 0.5) is 5.95 Å². The summed E-state index contributed by atoms with van der Waals surface area (Å²) >= 11 is 0. The Morgan fingerprint density at radius 3 is 2.18 bits per heavy atom. The average molecular weight is 480 g/mol. The molecule has 4 N–H and O–H groups in total. The molecule has 1 unspecified atom stereocenters. The second-order valence-corrected chi connectivity index (χ2v) is 10.5. The van der Waals surface area contributed by atoms with E-state index in [0.29, 0.717) is 5.70 Å². The summed E-state index contributed by atoms with van der Waals surface area (Å²) in [5.41, 5.74) is 8.51. The molecule has 1 heterocycles. The number of aromatic nitrogens is 2. The molecule has 0 radical (unpaired) electrons. The second-order valence-electron chi connectivity index (χ2n) is 8.51. The fraction of sp³-hybridized carbons (Fsp3) is 0.240. The number of allylic oxidation sites excluding steroid dienone is 1. The number of hydrogen-bond acceptors (Lipinski definition) is 8. The number of hydrogen-bond donors (Lipinski definition) is 2. The van der Waals surface area contributed by atoms with Gasteiger partial charge in [0.1, 0.15) is 0 Å². The van der Waals surface area contributed by atoms with E-state index in [9.17, 15) is 8.42 Å². The standard InChI is InChI=1S/C25H29N5O3S/c1-16(2)25(4,20-12-10-18(11-13-20)19-14-28-24(26)29-15-19)17(3)30-23(33-27)21-8-6-7-9-22(21)34(5,31)32/h6-16H,3,27H2,1-2,4-5H3,(H2,26,28,29). The predicted octanol–water partition coefficient (Wildman–Crippen LogP) is 3.89. The van der Waals surface area contributed by atoms with Crippen LogP contribution >= 0.6 is 0 Å². The Hall–Kier alpha value is -3.56. The molecule has 3 rings (SSSR count). The predicted molar refractivity (Wildman–Crippen MR) is 135 cm³/mol. The Morgan fingerprint density at radius 1 is 1.06 bits per heavy atom. The Morgan fingerprint density at radius 2 is 1.65 bits per heavy atom. The van der Waals surface area contributed by atoms with Gasteiger partial charge in [-0.2, -0.15) is 5.90 Å². The first kappa shape index (κ1) is 25.1. The van der Waals surface area contributed by atoms with Gasteiger partial charge in [0.05, 0.1) is 10.5 Å². The van der Waals surface area contributed by atoms with Crippen LogP contribution < -0.4 is 11.6 Å². The molecule has 2 aromatic carbocycles. The summed E-state index contributed by atoms with van der Waals surface area (Å²) in [5, 5.41) is 0. The van der Waals surface area contributed by atoms with Crippen molar-refractivity contribution in [2.45, 2.75) is 31.1 Å². The Kier molecular flexibility index (Phi) is 7.18. The second kappa shape index (κ2) is 9.74. The Labute approximate surface area is 200 Å². The van der Waals surface area contributed by atoms with Crippen LogP contribution in [-0.4, -0.2) is 30.5 Å². The minimum Gasteiger partial charge on any atom is -0.390 e. The van der Waals surface area contributed by atoms with Crippen molar-refractivity contribution in [2.75, 3.05) is 12.0 Å². The Bertz CT molecular complexity index is 1320. The molecule has 34 heavy (non-hydrogen) atoms. The van der Waals surface area contributed by atoms with Crippen molar-refractivity contribution in [3.63, 3.8) is 0 Å². The molecule has 0 bridgehead atoms. The van der Waals surface area contributed by atoms with E-state index in [-0.39, 0.29) is 28.2 Å². The largest absolute Gasteiger partial charge is 0.390 e. The zero-order valence-electron chi connectivity index (χ0n) is 19.7. The average Bonchev–Trinajstić information content (AvgIpc) is 2.81. The molecule has 0 amide bonds. The molecule has 8 nitrogen and oxygen atoms in total. The zero-order chi connectivity index (χ0) is 25.1. The number of nitrogens with zero attached hydrogens (tertiary/aromatic N) is 3. The van der Waals surface area contributed by atoms with Crippen LogP contribution in [0, 0.1) is 5.92 Å². The van der Waals surface area contributed by atoms with E-state index in [1.807, 2.05) is 31.2 Å². The topological polar surface area (TPSA) is 134 Å². The number of rotatable bonds is 7. The van der Waals surface area contributed by atoms with Crippen LogP contribution in [0.2, 0.25) is 0 Å². The lowest BCUT2D eigenvalue weighted by Crippen LogP contribution is -2.31. The molecule has 178 valence electrons. The fourth-order valence-corrected chi connectivity index (χ4v) is 4.57. The summed E-state index contributed by atoms with van der Waals surface area (Å²) in [6, 6.07) is 14.4. The van der Waals surface area contributed by atoms with E-state index >= 15 is 0 Å². The number of nitrogens with two attached hydrogens (primary N) is 2. The highest BCUT2D eigenvalue weighted by Gasteiger charge is 2.34. The summed E-state index contributed by atoms with van der Waals surface area (Å²) in [4.78, 5) is 17.8. The van der Waals surface area contributed by atoms with Crippen LogP contribution in [0.15, 0.2) is 83.1 Å². The molecule has 0 aliphatic rings. The highest BCUT2D eigenvalue weighted by molar-refractivity contribution is 7.90. The minimum absolute atomic E-state index is 0.0199. The highest BCUT2D eigenvalue weighted by Crippen LogP contribution is 2.40. The molecule has 1 atom stereocenters. The smallest absolute Gasteiger partial charge is 0.246 e. The molecule has 0 fully saturated rings. The van der Waals surface area contributed by atoms with Gasteiger partial charge in [-0.25, -0.2) is 23.4 Å². The number of benzene rings is 2. The van der Waals surface area contributed by atoms with Gasteiger partial charge >= 0.3 is 0 Å². The van der Waals surface area contributed by atoms with Crippen LogP contribution in [0.3, 0.4) is 0 Å². The number of sulfone groups is 1. The van der Waals surface area contributed by atoms with Gasteiger partial charge in [0.2, 0.25) is 11.8 Å². The zero-order valence-corrected chi connectivity index (χ0v) is 20.5. The summed E-state index contributed by atoms with van der Waals surface area (Å²) in [6.07, 6.45) is 4.47. The van der Waals surface area contributed by atoms with Gasteiger partial charge in [-0.3, -0.25) is 0 Å². The van der Waals surface area contributed by atoms with Gasteiger partial charge in [0, 0.05) is 35.3 Å². The molecule has 9 heteroatoms. The van der Waals surface area contributed by atoms with Gasteiger partial charge in [0.15, 0.2) is 9.84 Å². The van der Waals surface area contributed by atoms with Crippen molar-refractivity contribution in [2.24, 2.45) is 16.8 Å². The SMILES string of the molecule is C=C(N=C(ON)c1ccccc1S(C)(=O)=O)C(C)(c1ccc(-c2cnc(N)nc2)cc1)C(C)C. The van der Waals surface area contributed by atoms with E-state index in [1.165, 1.54) is 6.07 Å². The quantitative estimate of drug-likeness (QED) is 0.298. The summed E-state index contributed by atoms with van der Waals surface area (Å²) < 4.78 is 24.5. The van der Waals surface area contributed by atoms with E-state index in [4.69, 9.17) is 16.5 Å². The van der Waals surface area contributed by atoms with Gasteiger partial charge in [0.25, 0.3) is 0 Å². The van der Waals surface area contributed by atoms with Crippen molar-refractivity contribution in [3.8, 4) is 11.1 Å². The first-order chi connectivity index (χ1) is 16.0. The van der Waals surface area contributed by atoms with Crippen molar-refractivity contribution in [1.82, 2.24) is 9.97 Å². The van der Waals surface area contributed by atoms with Gasteiger partial charge in [-0.15, -0.1) is 0 Å². The van der Waals surface area contributed by atoms with E-state index in [0.717, 1.165) is 22.9 Å². The molecule has 3 aromatic rings. The van der Waals surface area contributed by atoms with Crippen LogP contribution in [0.5, 0.6) is 0 Å². The van der Waals surface area contributed by atoms with Gasteiger partial charge in [-0.1, -0.05) is 56.8 Å². The number of aliphatic imine (C=N–C) groups is 1. The monoisotopic (exact) mass is 479 g/mol. The maximum absolute atomic E-state index is 12.3. The molecule has 0 spiro atoms.